The monoisotopic (exact) mass is 298 g/mol. The van der Waals surface area contributed by atoms with E-state index in [0.29, 0.717) is 5.56 Å². The second kappa shape index (κ2) is 7.52. The molecule has 0 spiro atoms. The summed E-state index contributed by atoms with van der Waals surface area (Å²) in [5.74, 6) is -0.661. The number of rotatable bonds is 7. The fraction of sp³-hybridized carbons (Fsp3) is 0.222. The number of para-hydroxylation sites is 1. The summed E-state index contributed by atoms with van der Waals surface area (Å²) in [7, 11) is 1.51. The summed E-state index contributed by atoms with van der Waals surface area (Å²) in [4.78, 5) is 24.2. The molecule has 0 aliphatic rings. The van der Waals surface area contributed by atoms with Crippen LogP contribution in [0.15, 0.2) is 48.5 Å². The molecule has 22 heavy (non-hydrogen) atoms. The number of phenols is 1. The first kappa shape index (κ1) is 15.9. The fourth-order valence-electron chi connectivity index (χ4n) is 2.25. The van der Waals surface area contributed by atoms with E-state index in [4.69, 9.17) is 4.74 Å². The van der Waals surface area contributed by atoms with Crippen molar-refractivity contribution < 1.29 is 19.4 Å². The topological polar surface area (TPSA) is 63.6 Å². The van der Waals surface area contributed by atoms with Crippen molar-refractivity contribution in [2.45, 2.75) is 19.4 Å². The van der Waals surface area contributed by atoms with Gasteiger partial charge in [-0.15, -0.1) is 0 Å². The Labute approximate surface area is 129 Å². The molecular formula is C18H18O4. The molecule has 2 rings (SSSR count). The van der Waals surface area contributed by atoms with Crippen molar-refractivity contribution in [1.82, 2.24) is 0 Å². The standard InChI is InChI=1S/C18H18O4/c1-22-12-14-8-5-9-16(18(14)21)17(20)11-15(19)10-13-6-3-2-4-7-13/h2-9,21H,10-12H2,1H3. The number of aromatic hydroxyl groups is 1. The molecule has 114 valence electrons. The van der Waals surface area contributed by atoms with Gasteiger partial charge in [-0.2, -0.15) is 0 Å². The molecule has 0 fully saturated rings. The molecule has 0 aliphatic carbocycles. The summed E-state index contributed by atoms with van der Waals surface area (Å²) in [5, 5.41) is 10.1. The van der Waals surface area contributed by atoms with E-state index in [9.17, 15) is 14.7 Å². The van der Waals surface area contributed by atoms with Crippen LogP contribution in [-0.4, -0.2) is 23.8 Å². The first-order valence-corrected chi connectivity index (χ1v) is 7.00. The molecule has 0 unspecified atom stereocenters. The molecule has 0 atom stereocenters. The number of hydrogen-bond donors (Lipinski definition) is 1. The van der Waals surface area contributed by atoms with Gasteiger partial charge in [-0.3, -0.25) is 9.59 Å². The summed E-state index contributed by atoms with van der Waals surface area (Å²) in [5.41, 5.74) is 1.57. The van der Waals surface area contributed by atoms with E-state index in [-0.39, 0.29) is 42.3 Å². The van der Waals surface area contributed by atoms with Crippen LogP contribution in [0.1, 0.15) is 27.9 Å². The van der Waals surface area contributed by atoms with Crippen LogP contribution in [0.2, 0.25) is 0 Å². The number of hydrogen-bond acceptors (Lipinski definition) is 4. The van der Waals surface area contributed by atoms with Crippen molar-refractivity contribution in [2.24, 2.45) is 0 Å². The van der Waals surface area contributed by atoms with Crippen molar-refractivity contribution in [3.05, 3.63) is 65.2 Å². The van der Waals surface area contributed by atoms with Gasteiger partial charge in [0, 0.05) is 19.1 Å². The molecule has 4 heteroatoms. The normalized spacial score (nSPS) is 10.4. The zero-order valence-electron chi connectivity index (χ0n) is 12.4. The largest absolute Gasteiger partial charge is 0.507 e. The van der Waals surface area contributed by atoms with Crippen molar-refractivity contribution >= 4 is 11.6 Å². The third kappa shape index (κ3) is 4.02. The molecule has 0 radical (unpaired) electrons. The molecule has 2 aromatic rings. The zero-order valence-corrected chi connectivity index (χ0v) is 12.4. The molecule has 1 N–H and O–H groups in total. The number of carbonyl (C=O) groups excluding carboxylic acids is 2. The maximum atomic E-state index is 12.2. The van der Waals surface area contributed by atoms with Crippen LogP contribution in [-0.2, 0) is 22.6 Å². The van der Waals surface area contributed by atoms with Crippen LogP contribution in [0.4, 0.5) is 0 Å². The Morgan fingerprint density at radius 3 is 2.45 bits per heavy atom. The van der Waals surface area contributed by atoms with Gasteiger partial charge >= 0.3 is 0 Å². The third-order valence-corrected chi connectivity index (χ3v) is 3.32. The Morgan fingerprint density at radius 1 is 1.05 bits per heavy atom. The quantitative estimate of drug-likeness (QED) is 0.630. The van der Waals surface area contributed by atoms with Crippen LogP contribution >= 0.6 is 0 Å². The fourth-order valence-corrected chi connectivity index (χ4v) is 2.25. The molecule has 0 saturated carbocycles. The Morgan fingerprint density at radius 2 is 1.77 bits per heavy atom. The van der Waals surface area contributed by atoms with Crippen molar-refractivity contribution in [1.29, 1.82) is 0 Å². The van der Waals surface area contributed by atoms with Crippen molar-refractivity contribution in [3.8, 4) is 5.75 Å². The van der Waals surface area contributed by atoms with Gasteiger partial charge in [0.25, 0.3) is 0 Å². The number of Topliss-reactive ketones (excluding diaryl/α,β-unsaturated/α-hetero) is 2. The minimum atomic E-state index is -0.378. The van der Waals surface area contributed by atoms with Gasteiger partial charge in [0.1, 0.15) is 11.5 Å². The summed E-state index contributed by atoms with van der Waals surface area (Å²) in [6.07, 6.45) is -0.00993. The van der Waals surface area contributed by atoms with Gasteiger partial charge in [0.2, 0.25) is 0 Å². The minimum absolute atomic E-state index is 0.109. The number of phenolic OH excluding ortho intramolecular Hbond substituents is 1. The van der Waals surface area contributed by atoms with E-state index in [1.807, 2.05) is 30.3 Å². The molecule has 0 saturated heterocycles. The molecule has 2 aromatic carbocycles. The average molecular weight is 298 g/mol. The Kier molecular flexibility index (Phi) is 5.44. The van der Waals surface area contributed by atoms with Crippen molar-refractivity contribution in [2.75, 3.05) is 7.11 Å². The van der Waals surface area contributed by atoms with Gasteiger partial charge in [0.15, 0.2) is 5.78 Å². The van der Waals surface area contributed by atoms with E-state index in [1.165, 1.54) is 13.2 Å². The van der Waals surface area contributed by atoms with E-state index < -0.39 is 0 Å². The minimum Gasteiger partial charge on any atom is -0.507 e. The van der Waals surface area contributed by atoms with Crippen molar-refractivity contribution in [3.63, 3.8) is 0 Å². The molecule has 0 aliphatic heterocycles. The van der Waals surface area contributed by atoms with Gasteiger partial charge in [-0.05, 0) is 11.6 Å². The van der Waals surface area contributed by atoms with Crippen LogP contribution in [0.5, 0.6) is 5.75 Å². The highest BCUT2D eigenvalue weighted by atomic mass is 16.5. The number of methoxy groups -OCH3 is 1. The highest BCUT2D eigenvalue weighted by molar-refractivity contribution is 6.09. The zero-order chi connectivity index (χ0) is 15.9. The lowest BCUT2D eigenvalue weighted by atomic mass is 9.99. The summed E-state index contributed by atoms with van der Waals surface area (Å²) < 4.78 is 4.97. The highest BCUT2D eigenvalue weighted by Gasteiger charge is 2.17. The molecule has 0 bridgehead atoms. The lowest BCUT2D eigenvalue weighted by Gasteiger charge is -2.08. The molecule has 0 amide bonds. The smallest absolute Gasteiger partial charge is 0.173 e. The second-order valence-corrected chi connectivity index (χ2v) is 5.05. The first-order chi connectivity index (χ1) is 10.6. The Bertz CT molecular complexity index is 662. The lowest BCUT2D eigenvalue weighted by Crippen LogP contribution is -2.11. The first-order valence-electron chi connectivity index (χ1n) is 7.00. The van der Waals surface area contributed by atoms with Crippen LogP contribution in [0, 0.1) is 0 Å². The van der Waals surface area contributed by atoms with Gasteiger partial charge in [0.05, 0.1) is 18.6 Å². The summed E-state index contributed by atoms with van der Waals surface area (Å²) in [6, 6.07) is 14.1. The van der Waals surface area contributed by atoms with Crippen LogP contribution in [0.25, 0.3) is 0 Å². The maximum absolute atomic E-state index is 12.2. The lowest BCUT2D eigenvalue weighted by molar-refractivity contribution is -0.117. The Balaban J connectivity index is 2.06. The average Bonchev–Trinajstić information content (AvgIpc) is 2.50. The number of ketones is 2. The van der Waals surface area contributed by atoms with Gasteiger partial charge in [-0.1, -0.05) is 42.5 Å². The van der Waals surface area contributed by atoms with Gasteiger partial charge in [-0.25, -0.2) is 0 Å². The third-order valence-electron chi connectivity index (χ3n) is 3.32. The number of benzene rings is 2. The summed E-state index contributed by atoms with van der Waals surface area (Å²) >= 11 is 0. The van der Waals surface area contributed by atoms with E-state index in [1.54, 1.807) is 12.1 Å². The highest BCUT2D eigenvalue weighted by Crippen LogP contribution is 2.24. The van der Waals surface area contributed by atoms with E-state index >= 15 is 0 Å². The SMILES string of the molecule is COCc1cccc(C(=O)CC(=O)Cc2ccccc2)c1O. The molecule has 0 heterocycles. The molecular weight excluding hydrogens is 280 g/mol. The number of ether oxygens (including phenoxy) is 1. The van der Waals surface area contributed by atoms with Crippen LogP contribution in [0.3, 0.4) is 0 Å². The van der Waals surface area contributed by atoms with Gasteiger partial charge < -0.3 is 9.84 Å². The second-order valence-electron chi connectivity index (χ2n) is 5.05. The van der Waals surface area contributed by atoms with Crippen LogP contribution < -0.4 is 0 Å². The van der Waals surface area contributed by atoms with E-state index in [0.717, 1.165) is 5.56 Å². The maximum Gasteiger partial charge on any atom is 0.173 e. The molecule has 4 nitrogen and oxygen atoms in total. The van der Waals surface area contributed by atoms with E-state index in [2.05, 4.69) is 0 Å². The summed E-state index contributed by atoms with van der Waals surface area (Å²) in [6.45, 7) is 0.213. The number of carbonyl (C=O) groups is 2. The Hall–Kier alpha value is -2.46. The predicted molar refractivity (Wildman–Crippen MR) is 82.9 cm³/mol. The predicted octanol–water partition coefficient (Wildman–Crippen LogP) is 2.92. The molecule has 0 aromatic heterocycles.